The third-order valence-corrected chi connectivity index (χ3v) is 3.81. The molecule has 17 heavy (non-hydrogen) atoms. The Kier molecular flexibility index (Phi) is 4.84. The topological polar surface area (TPSA) is 21.3 Å². The Bertz CT molecular complexity index is 350. The fourth-order valence-corrected chi connectivity index (χ4v) is 2.87. The van der Waals surface area contributed by atoms with Crippen molar-refractivity contribution in [1.82, 2.24) is 5.32 Å². The number of methoxy groups -OCH3 is 1. The van der Waals surface area contributed by atoms with Gasteiger partial charge in [-0.05, 0) is 49.5 Å². The van der Waals surface area contributed by atoms with Crippen molar-refractivity contribution in [2.45, 2.75) is 18.8 Å². The molecule has 0 aromatic heterocycles. The minimum absolute atomic E-state index is 0.473. The van der Waals surface area contributed by atoms with Gasteiger partial charge in [0.25, 0.3) is 0 Å². The molecule has 3 heteroatoms. The molecule has 0 amide bonds. The van der Waals surface area contributed by atoms with E-state index in [2.05, 4.69) is 17.4 Å². The molecule has 0 aliphatic carbocycles. The van der Waals surface area contributed by atoms with E-state index in [0.29, 0.717) is 11.8 Å². The second-order valence-electron chi connectivity index (χ2n) is 4.70. The zero-order chi connectivity index (χ0) is 12.1. The summed E-state index contributed by atoms with van der Waals surface area (Å²) < 4.78 is 5.39. The van der Waals surface area contributed by atoms with E-state index in [9.17, 15) is 0 Å². The molecule has 0 radical (unpaired) electrons. The van der Waals surface area contributed by atoms with Crippen LogP contribution in [0.2, 0.25) is 5.02 Å². The van der Waals surface area contributed by atoms with Gasteiger partial charge < -0.3 is 10.1 Å². The van der Waals surface area contributed by atoms with Crippen LogP contribution in [0.4, 0.5) is 0 Å². The summed E-state index contributed by atoms with van der Waals surface area (Å²) in [5, 5.41) is 4.22. The summed E-state index contributed by atoms with van der Waals surface area (Å²) in [5.74, 6) is 1.18. The summed E-state index contributed by atoms with van der Waals surface area (Å²) in [4.78, 5) is 0. The van der Waals surface area contributed by atoms with Crippen molar-refractivity contribution < 1.29 is 4.74 Å². The van der Waals surface area contributed by atoms with Crippen LogP contribution < -0.4 is 5.32 Å². The maximum atomic E-state index is 6.07. The Labute approximate surface area is 108 Å². The highest BCUT2D eigenvalue weighted by molar-refractivity contribution is 6.30. The lowest BCUT2D eigenvalue weighted by atomic mass is 9.81. The molecule has 1 saturated heterocycles. The smallest absolute Gasteiger partial charge is 0.0533 e. The lowest BCUT2D eigenvalue weighted by Crippen LogP contribution is -2.32. The van der Waals surface area contributed by atoms with Crippen LogP contribution in [0.25, 0.3) is 0 Å². The Hall–Kier alpha value is -0.570. The summed E-state index contributed by atoms with van der Waals surface area (Å²) in [7, 11) is 1.78. The van der Waals surface area contributed by atoms with Crippen molar-refractivity contribution in [2.24, 2.45) is 5.92 Å². The zero-order valence-electron chi connectivity index (χ0n) is 10.3. The van der Waals surface area contributed by atoms with E-state index in [1.807, 2.05) is 12.1 Å². The minimum Gasteiger partial charge on any atom is -0.384 e. The normalized spacial score (nSPS) is 19.2. The van der Waals surface area contributed by atoms with Crippen molar-refractivity contribution in [3.63, 3.8) is 0 Å². The van der Waals surface area contributed by atoms with Gasteiger partial charge in [0, 0.05) is 18.1 Å². The van der Waals surface area contributed by atoms with Gasteiger partial charge in [-0.1, -0.05) is 23.7 Å². The Morgan fingerprint density at radius 3 is 2.82 bits per heavy atom. The number of piperidine rings is 1. The zero-order valence-corrected chi connectivity index (χ0v) is 11.0. The van der Waals surface area contributed by atoms with Crippen LogP contribution in [0.1, 0.15) is 24.3 Å². The van der Waals surface area contributed by atoms with E-state index in [-0.39, 0.29) is 0 Å². The van der Waals surface area contributed by atoms with Crippen molar-refractivity contribution in [2.75, 3.05) is 26.8 Å². The average molecular weight is 254 g/mol. The van der Waals surface area contributed by atoms with Crippen LogP contribution in [0, 0.1) is 5.92 Å². The highest BCUT2D eigenvalue weighted by Gasteiger charge is 2.24. The van der Waals surface area contributed by atoms with E-state index in [4.69, 9.17) is 16.3 Å². The van der Waals surface area contributed by atoms with Crippen LogP contribution in [0.5, 0.6) is 0 Å². The predicted octanol–water partition coefficient (Wildman–Crippen LogP) is 3.07. The highest BCUT2D eigenvalue weighted by atomic mass is 35.5. The first-order valence-electron chi connectivity index (χ1n) is 6.26. The molecule has 1 aliphatic rings. The SMILES string of the molecule is COCC(c1cccc(Cl)c1)C1CCNCC1. The molecule has 1 fully saturated rings. The van der Waals surface area contributed by atoms with E-state index in [1.54, 1.807) is 7.11 Å². The molecule has 0 spiro atoms. The third-order valence-electron chi connectivity index (χ3n) is 3.58. The maximum Gasteiger partial charge on any atom is 0.0533 e. The first-order valence-corrected chi connectivity index (χ1v) is 6.64. The van der Waals surface area contributed by atoms with Crippen molar-refractivity contribution in [1.29, 1.82) is 0 Å². The maximum absolute atomic E-state index is 6.07. The molecule has 1 N–H and O–H groups in total. The Morgan fingerprint density at radius 1 is 1.41 bits per heavy atom. The van der Waals surface area contributed by atoms with Gasteiger partial charge in [-0.25, -0.2) is 0 Å². The molecule has 1 aromatic rings. The fourth-order valence-electron chi connectivity index (χ4n) is 2.67. The van der Waals surface area contributed by atoms with Crippen LogP contribution in [-0.2, 0) is 4.74 Å². The van der Waals surface area contributed by atoms with E-state index in [1.165, 1.54) is 18.4 Å². The molecular formula is C14H20ClNO. The van der Waals surface area contributed by atoms with Crippen LogP contribution in [-0.4, -0.2) is 26.8 Å². The van der Waals surface area contributed by atoms with Gasteiger partial charge in [-0.3, -0.25) is 0 Å². The summed E-state index contributed by atoms with van der Waals surface area (Å²) in [5.41, 5.74) is 1.31. The number of ether oxygens (including phenoxy) is 1. The Balaban J connectivity index is 2.15. The number of halogens is 1. The first kappa shape index (κ1) is 12.9. The third kappa shape index (κ3) is 3.44. The summed E-state index contributed by atoms with van der Waals surface area (Å²) in [6.07, 6.45) is 2.45. The van der Waals surface area contributed by atoms with Gasteiger partial charge >= 0.3 is 0 Å². The molecule has 2 rings (SSSR count). The molecule has 1 aliphatic heterocycles. The second-order valence-corrected chi connectivity index (χ2v) is 5.14. The second kappa shape index (κ2) is 6.39. The lowest BCUT2D eigenvalue weighted by molar-refractivity contribution is 0.144. The largest absolute Gasteiger partial charge is 0.384 e. The molecule has 2 nitrogen and oxygen atoms in total. The minimum atomic E-state index is 0.473. The summed E-state index contributed by atoms with van der Waals surface area (Å²) in [6, 6.07) is 8.20. The van der Waals surface area contributed by atoms with E-state index in [0.717, 1.165) is 24.7 Å². The van der Waals surface area contributed by atoms with Crippen LogP contribution >= 0.6 is 11.6 Å². The fraction of sp³-hybridized carbons (Fsp3) is 0.571. The molecule has 94 valence electrons. The van der Waals surface area contributed by atoms with Crippen molar-refractivity contribution in [3.8, 4) is 0 Å². The number of hydrogen-bond acceptors (Lipinski definition) is 2. The van der Waals surface area contributed by atoms with Gasteiger partial charge in [0.15, 0.2) is 0 Å². The van der Waals surface area contributed by atoms with Gasteiger partial charge in [-0.2, -0.15) is 0 Å². The van der Waals surface area contributed by atoms with Gasteiger partial charge in [0.1, 0.15) is 0 Å². The number of nitrogens with one attached hydrogen (secondary N) is 1. The number of benzene rings is 1. The van der Waals surface area contributed by atoms with Gasteiger partial charge in [0.2, 0.25) is 0 Å². The number of hydrogen-bond donors (Lipinski definition) is 1. The monoisotopic (exact) mass is 253 g/mol. The van der Waals surface area contributed by atoms with Crippen molar-refractivity contribution in [3.05, 3.63) is 34.9 Å². The van der Waals surface area contributed by atoms with Crippen LogP contribution in [0.3, 0.4) is 0 Å². The quantitative estimate of drug-likeness (QED) is 0.891. The summed E-state index contributed by atoms with van der Waals surface area (Å²) in [6.45, 7) is 3.02. The van der Waals surface area contributed by atoms with Crippen molar-refractivity contribution >= 4 is 11.6 Å². The van der Waals surface area contributed by atoms with Crippen LogP contribution in [0.15, 0.2) is 24.3 Å². The van der Waals surface area contributed by atoms with Gasteiger partial charge in [-0.15, -0.1) is 0 Å². The highest BCUT2D eigenvalue weighted by Crippen LogP contribution is 2.32. The molecule has 1 atom stereocenters. The molecule has 1 heterocycles. The van der Waals surface area contributed by atoms with E-state index >= 15 is 0 Å². The predicted molar refractivity (Wildman–Crippen MR) is 71.7 cm³/mol. The molecule has 1 aromatic carbocycles. The lowest BCUT2D eigenvalue weighted by Gasteiger charge is -2.30. The summed E-state index contributed by atoms with van der Waals surface area (Å²) >= 11 is 6.07. The number of rotatable bonds is 4. The molecular weight excluding hydrogens is 234 g/mol. The Morgan fingerprint density at radius 2 is 2.18 bits per heavy atom. The van der Waals surface area contributed by atoms with Gasteiger partial charge in [0.05, 0.1) is 6.61 Å². The first-order chi connectivity index (χ1) is 8.31. The van der Waals surface area contributed by atoms with E-state index < -0.39 is 0 Å². The molecule has 0 saturated carbocycles. The molecule has 0 bridgehead atoms. The standard InChI is InChI=1S/C14H20ClNO/c1-17-10-14(11-5-7-16-8-6-11)12-3-2-4-13(15)9-12/h2-4,9,11,14,16H,5-8,10H2,1H3. The average Bonchev–Trinajstić information content (AvgIpc) is 2.37. The molecule has 1 unspecified atom stereocenters.